The second-order valence-electron chi connectivity index (χ2n) is 6.55. The minimum Gasteiger partial charge on any atom is -0.300 e. The molecule has 0 aromatic carbocycles. The van der Waals surface area contributed by atoms with Crippen LogP contribution in [0.25, 0.3) is 0 Å². The first-order valence-corrected chi connectivity index (χ1v) is 7.08. The summed E-state index contributed by atoms with van der Waals surface area (Å²) < 4.78 is 0. The number of Topliss-reactive ketones (excluding diaryl/α,β-unsaturated/α-hetero) is 2. The normalized spacial score (nSPS) is 21.2. The van der Waals surface area contributed by atoms with Crippen LogP contribution in [0.1, 0.15) is 54.4 Å². The lowest BCUT2D eigenvalue weighted by molar-refractivity contribution is -0.122. The van der Waals surface area contributed by atoms with E-state index in [0.717, 1.165) is 17.6 Å². The number of hydrogen-bond acceptors (Lipinski definition) is 2. The number of ketones is 2. The molecule has 0 spiro atoms. The van der Waals surface area contributed by atoms with Crippen molar-refractivity contribution >= 4 is 11.6 Å². The van der Waals surface area contributed by atoms with E-state index in [1.165, 1.54) is 0 Å². The number of carbonyl (C=O) groups excluding carboxylic acids is 2. The van der Waals surface area contributed by atoms with Crippen LogP contribution in [0.4, 0.5) is 0 Å². The number of carbonyl (C=O) groups is 2. The molecule has 0 radical (unpaired) electrons. The number of hydrogen-bond donors (Lipinski definition) is 0. The molecule has 2 nitrogen and oxygen atoms in total. The van der Waals surface area contributed by atoms with Gasteiger partial charge in [0.15, 0.2) is 5.78 Å². The van der Waals surface area contributed by atoms with Gasteiger partial charge in [-0.15, -0.1) is 0 Å². The topological polar surface area (TPSA) is 34.1 Å². The first kappa shape index (κ1) is 15.9. The Bertz CT molecular complexity index is 438. The molecule has 0 aromatic heterocycles. The van der Waals surface area contributed by atoms with Gasteiger partial charge in [0.1, 0.15) is 5.78 Å². The van der Waals surface area contributed by atoms with Gasteiger partial charge in [-0.3, -0.25) is 9.59 Å². The highest BCUT2D eigenvalue weighted by molar-refractivity contribution is 5.98. The zero-order chi connectivity index (χ0) is 14.8. The van der Waals surface area contributed by atoms with Crippen LogP contribution in [0.15, 0.2) is 23.3 Å². The molecule has 19 heavy (non-hydrogen) atoms. The standard InChI is InChI=1S/C17H26O2/c1-11-8-7-9-17(5,6)16(11)15(19)10-12(2)13(3)14(4)18/h7-8,12-13H,9-10H2,1-6H3. The van der Waals surface area contributed by atoms with Crippen molar-refractivity contribution in [2.45, 2.75) is 54.4 Å². The fourth-order valence-electron chi connectivity index (χ4n) is 2.82. The molecule has 2 unspecified atom stereocenters. The van der Waals surface area contributed by atoms with Gasteiger partial charge in [-0.25, -0.2) is 0 Å². The molecule has 1 aliphatic rings. The van der Waals surface area contributed by atoms with Gasteiger partial charge in [0.2, 0.25) is 0 Å². The number of allylic oxidation sites excluding steroid dienone is 4. The molecule has 1 rings (SSSR count). The predicted octanol–water partition coefficient (Wildman–Crippen LogP) is 4.11. The molecule has 0 N–H and O–H groups in total. The maximum atomic E-state index is 12.6. The van der Waals surface area contributed by atoms with Gasteiger partial charge in [-0.1, -0.05) is 39.8 Å². The van der Waals surface area contributed by atoms with E-state index in [1.807, 2.05) is 26.8 Å². The summed E-state index contributed by atoms with van der Waals surface area (Å²) in [5.74, 6) is 0.417. The molecule has 2 atom stereocenters. The van der Waals surface area contributed by atoms with Gasteiger partial charge < -0.3 is 0 Å². The fourth-order valence-corrected chi connectivity index (χ4v) is 2.82. The van der Waals surface area contributed by atoms with Gasteiger partial charge >= 0.3 is 0 Å². The summed E-state index contributed by atoms with van der Waals surface area (Å²) >= 11 is 0. The van der Waals surface area contributed by atoms with E-state index < -0.39 is 0 Å². The van der Waals surface area contributed by atoms with E-state index >= 15 is 0 Å². The highest BCUT2D eigenvalue weighted by atomic mass is 16.1. The zero-order valence-electron chi connectivity index (χ0n) is 13.0. The average Bonchev–Trinajstić information content (AvgIpc) is 2.25. The first-order valence-electron chi connectivity index (χ1n) is 7.08. The van der Waals surface area contributed by atoms with Crippen LogP contribution in [-0.2, 0) is 9.59 Å². The molecule has 106 valence electrons. The highest BCUT2D eigenvalue weighted by Crippen LogP contribution is 2.38. The molecule has 1 aliphatic carbocycles. The Morgan fingerprint density at radius 3 is 2.37 bits per heavy atom. The molecule has 0 amide bonds. The van der Waals surface area contributed by atoms with Crippen LogP contribution in [0.2, 0.25) is 0 Å². The maximum absolute atomic E-state index is 12.6. The second kappa shape index (κ2) is 5.85. The quantitative estimate of drug-likeness (QED) is 0.747. The third-order valence-electron chi connectivity index (χ3n) is 4.35. The Balaban J connectivity index is 2.89. The minimum atomic E-state index is -0.0882. The fraction of sp³-hybridized carbons (Fsp3) is 0.647. The van der Waals surface area contributed by atoms with Gasteiger partial charge in [0.25, 0.3) is 0 Å². The summed E-state index contributed by atoms with van der Waals surface area (Å²) in [5, 5.41) is 0. The third-order valence-corrected chi connectivity index (χ3v) is 4.35. The molecular formula is C17H26O2. The lowest BCUT2D eigenvalue weighted by atomic mass is 9.72. The summed E-state index contributed by atoms with van der Waals surface area (Å²) in [4.78, 5) is 24.0. The minimum absolute atomic E-state index is 0.0490. The molecule has 0 fully saturated rings. The van der Waals surface area contributed by atoms with E-state index in [0.29, 0.717) is 6.42 Å². The molecular weight excluding hydrogens is 236 g/mol. The molecule has 0 heterocycles. The Morgan fingerprint density at radius 2 is 1.89 bits per heavy atom. The van der Waals surface area contributed by atoms with Crippen molar-refractivity contribution in [3.05, 3.63) is 23.3 Å². The lowest BCUT2D eigenvalue weighted by Gasteiger charge is -2.31. The van der Waals surface area contributed by atoms with Gasteiger partial charge in [0, 0.05) is 17.9 Å². The average molecular weight is 262 g/mol. The van der Waals surface area contributed by atoms with Crippen molar-refractivity contribution in [2.24, 2.45) is 17.3 Å². The monoisotopic (exact) mass is 262 g/mol. The molecule has 2 heteroatoms. The first-order chi connectivity index (χ1) is 8.66. The summed E-state index contributed by atoms with van der Waals surface area (Å²) in [7, 11) is 0. The number of rotatable bonds is 5. The smallest absolute Gasteiger partial charge is 0.159 e. The maximum Gasteiger partial charge on any atom is 0.159 e. The lowest BCUT2D eigenvalue weighted by Crippen LogP contribution is -2.27. The molecule has 0 saturated heterocycles. The SMILES string of the molecule is CC(=O)C(C)C(C)CC(=O)C1=C(C)C=CCC1(C)C. The Morgan fingerprint density at radius 1 is 1.32 bits per heavy atom. The van der Waals surface area contributed by atoms with Crippen molar-refractivity contribution in [1.29, 1.82) is 0 Å². The van der Waals surface area contributed by atoms with Crippen molar-refractivity contribution in [3.8, 4) is 0 Å². The van der Waals surface area contributed by atoms with Crippen molar-refractivity contribution in [2.75, 3.05) is 0 Å². The summed E-state index contributed by atoms with van der Waals surface area (Å²) in [6.07, 6.45) is 5.54. The second-order valence-corrected chi connectivity index (χ2v) is 6.55. The Labute approximate surface area is 117 Å². The van der Waals surface area contributed by atoms with Crippen LogP contribution in [0, 0.1) is 17.3 Å². The summed E-state index contributed by atoms with van der Waals surface area (Å²) in [6, 6.07) is 0. The third kappa shape index (κ3) is 3.65. The van der Waals surface area contributed by atoms with E-state index in [-0.39, 0.29) is 28.8 Å². The van der Waals surface area contributed by atoms with Gasteiger partial charge in [-0.2, -0.15) is 0 Å². The zero-order valence-corrected chi connectivity index (χ0v) is 13.0. The Kier molecular flexibility index (Phi) is 4.89. The van der Waals surface area contributed by atoms with E-state index in [2.05, 4.69) is 19.9 Å². The summed E-state index contributed by atoms with van der Waals surface area (Å²) in [6.45, 7) is 11.7. The van der Waals surface area contributed by atoms with Crippen LogP contribution >= 0.6 is 0 Å². The van der Waals surface area contributed by atoms with Crippen LogP contribution in [0.3, 0.4) is 0 Å². The molecule has 0 aromatic rings. The Hall–Kier alpha value is -1.18. The molecule has 0 saturated carbocycles. The molecule has 0 bridgehead atoms. The van der Waals surface area contributed by atoms with Crippen LogP contribution in [0.5, 0.6) is 0 Å². The summed E-state index contributed by atoms with van der Waals surface area (Å²) in [5.41, 5.74) is 1.93. The predicted molar refractivity (Wildman–Crippen MR) is 78.9 cm³/mol. The van der Waals surface area contributed by atoms with Crippen LogP contribution < -0.4 is 0 Å². The van der Waals surface area contributed by atoms with Crippen molar-refractivity contribution < 1.29 is 9.59 Å². The highest BCUT2D eigenvalue weighted by Gasteiger charge is 2.32. The molecule has 0 aliphatic heterocycles. The van der Waals surface area contributed by atoms with Crippen LogP contribution in [-0.4, -0.2) is 11.6 Å². The van der Waals surface area contributed by atoms with E-state index in [9.17, 15) is 9.59 Å². The van der Waals surface area contributed by atoms with E-state index in [1.54, 1.807) is 6.92 Å². The van der Waals surface area contributed by atoms with Gasteiger partial charge in [-0.05, 0) is 37.2 Å². The van der Waals surface area contributed by atoms with Gasteiger partial charge in [0.05, 0.1) is 0 Å². The van der Waals surface area contributed by atoms with Crippen molar-refractivity contribution in [1.82, 2.24) is 0 Å². The van der Waals surface area contributed by atoms with Crippen molar-refractivity contribution in [3.63, 3.8) is 0 Å². The largest absolute Gasteiger partial charge is 0.300 e. The van der Waals surface area contributed by atoms with E-state index in [4.69, 9.17) is 0 Å².